The molecular formula is C34H42N8O4S. The molecule has 2 aromatic heterocycles. The van der Waals surface area contributed by atoms with E-state index in [4.69, 9.17) is 10.1 Å². The zero-order chi connectivity index (χ0) is 33.3. The molecule has 1 aliphatic rings. The number of fused-ring (bicyclic) bond motifs is 2. The number of nitrogens with one attached hydrogen (secondary N) is 2. The first-order valence-corrected chi connectivity index (χ1v) is 17.4. The Morgan fingerprint density at radius 1 is 1.00 bits per heavy atom. The molecule has 4 aromatic rings. The molecule has 3 amide bonds. The Kier molecular flexibility index (Phi) is 11.4. The van der Waals surface area contributed by atoms with E-state index in [2.05, 4.69) is 15.6 Å². The minimum atomic E-state index is -0.698. The van der Waals surface area contributed by atoms with Crippen LogP contribution in [0.4, 0.5) is 0 Å². The fraction of sp³-hybridized carbons (Fsp3) is 0.441. The first kappa shape index (κ1) is 33.8. The maximum Gasteiger partial charge on any atom is 0.261 e. The van der Waals surface area contributed by atoms with Gasteiger partial charge in [0, 0.05) is 38.0 Å². The summed E-state index contributed by atoms with van der Waals surface area (Å²) in [6.07, 6.45) is 4.60. The van der Waals surface area contributed by atoms with Gasteiger partial charge in [0.1, 0.15) is 6.04 Å². The molecule has 248 valence electrons. The van der Waals surface area contributed by atoms with Crippen LogP contribution in [0.5, 0.6) is 0 Å². The molecule has 2 N–H and O–H groups in total. The third kappa shape index (κ3) is 8.45. The molecule has 5 rings (SSSR count). The SMILES string of the molecule is CSCC[C@@H]1NC(=O)CCCN(C(=O)CCn2cnc3ccccc3c2=O)CCn2nc(-c3ccccc3)nc2[C@@H](C(C)C)NC1=O. The van der Waals surface area contributed by atoms with E-state index in [1.165, 1.54) is 10.9 Å². The van der Waals surface area contributed by atoms with Crippen molar-refractivity contribution in [2.45, 2.75) is 64.7 Å². The van der Waals surface area contributed by atoms with E-state index in [1.807, 2.05) is 56.5 Å². The van der Waals surface area contributed by atoms with Gasteiger partial charge in [-0.3, -0.25) is 23.7 Å². The van der Waals surface area contributed by atoms with E-state index in [-0.39, 0.29) is 48.6 Å². The molecule has 13 heteroatoms. The first-order chi connectivity index (χ1) is 22.7. The number of para-hydroxylation sites is 1. The molecule has 0 radical (unpaired) electrons. The Balaban J connectivity index is 1.43. The molecule has 47 heavy (non-hydrogen) atoms. The predicted molar refractivity (Wildman–Crippen MR) is 183 cm³/mol. The summed E-state index contributed by atoms with van der Waals surface area (Å²) in [5.74, 6) is 1.14. The van der Waals surface area contributed by atoms with Gasteiger partial charge >= 0.3 is 0 Å². The van der Waals surface area contributed by atoms with Crippen molar-refractivity contribution < 1.29 is 14.4 Å². The number of carbonyl (C=O) groups excluding carboxylic acids is 3. The first-order valence-electron chi connectivity index (χ1n) is 16.1. The Morgan fingerprint density at radius 2 is 1.77 bits per heavy atom. The average Bonchev–Trinajstić information content (AvgIpc) is 3.50. The van der Waals surface area contributed by atoms with E-state index in [0.717, 1.165) is 5.56 Å². The Bertz CT molecular complexity index is 1760. The van der Waals surface area contributed by atoms with Crippen LogP contribution in [0.15, 0.2) is 65.7 Å². The van der Waals surface area contributed by atoms with E-state index in [0.29, 0.717) is 60.8 Å². The van der Waals surface area contributed by atoms with Gasteiger partial charge < -0.3 is 15.5 Å². The molecule has 0 fully saturated rings. The molecule has 2 atom stereocenters. The molecule has 0 saturated carbocycles. The zero-order valence-electron chi connectivity index (χ0n) is 27.1. The number of hydrogen-bond donors (Lipinski definition) is 2. The average molecular weight is 659 g/mol. The van der Waals surface area contributed by atoms with Crippen LogP contribution in [0, 0.1) is 5.92 Å². The lowest BCUT2D eigenvalue weighted by Crippen LogP contribution is -2.49. The predicted octanol–water partition coefficient (Wildman–Crippen LogP) is 3.42. The maximum absolute atomic E-state index is 13.7. The summed E-state index contributed by atoms with van der Waals surface area (Å²) in [5.41, 5.74) is 1.25. The third-order valence-electron chi connectivity index (χ3n) is 8.30. The molecular weight excluding hydrogens is 616 g/mol. The second kappa shape index (κ2) is 15.9. The number of thioether (sulfide) groups is 1. The van der Waals surface area contributed by atoms with Crippen LogP contribution < -0.4 is 16.2 Å². The van der Waals surface area contributed by atoms with Crippen molar-refractivity contribution in [2.24, 2.45) is 5.92 Å². The lowest BCUT2D eigenvalue weighted by Gasteiger charge is -2.28. The summed E-state index contributed by atoms with van der Waals surface area (Å²) in [6.45, 7) is 5.17. The second-order valence-corrected chi connectivity index (χ2v) is 13.0. The van der Waals surface area contributed by atoms with Gasteiger partial charge in [0.05, 0.1) is 29.8 Å². The lowest BCUT2D eigenvalue weighted by molar-refractivity contribution is -0.132. The normalized spacial score (nSPS) is 18.0. The van der Waals surface area contributed by atoms with Crippen LogP contribution in [0.25, 0.3) is 22.3 Å². The minimum absolute atomic E-state index is 0.0399. The second-order valence-electron chi connectivity index (χ2n) is 12.0. The topological polar surface area (TPSA) is 144 Å². The van der Waals surface area contributed by atoms with Crippen LogP contribution in [-0.2, 0) is 27.5 Å². The van der Waals surface area contributed by atoms with Crippen LogP contribution in [0.1, 0.15) is 51.4 Å². The summed E-state index contributed by atoms with van der Waals surface area (Å²) < 4.78 is 3.25. The maximum atomic E-state index is 13.7. The summed E-state index contributed by atoms with van der Waals surface area (Å²) in [4.78, 5) is 64.3. The van der Waals surface area contributed by atoms with Gasteiger partial charge in [0.25, 0.3) is 5.56 Å². The van der Waals surface area contributed by atoms with E-state index < -0.39 is 12.1 Å². The summed E-state index contributed by atoms with van der Waals surface area (Å²) in [5, 5.41) is 11.4. The fourth-order valence-corrected chi connectivity index (χ4v) is 6.13. The number of amides is 3. The Hall–Kier alpha value is -4.52. The van der Waals surface area contributed by atoms with Crippen molar-refractivity contribution in [1.29, 1.82) is 0 Å². The van der Waals surface area contributed by atoms with Crippen molar-refractivity contribution in [3.05, 3.63) is 77.1 Å². The van der Waals surface area contributed by atoms with Crippen LogP contribution in [0.3, 0.4) is 0 Å². The lowest BCUT2D eigenvalue weighted by atomic mass is 10.0. The summed E-state index contributed by atoms with van der Waals surface area (Å²) >= 11 is 1.61. The number of hydrogen-bond acceptors (Lipinski definition) is 8. The molecule has 3 heterocycles. The summed E-state index contributed by atoms with van der Waals surface area (Å²) in [6, 6.07) is 15.6. The van der Waals surface area contributed by atoms with Crippen LogP contribution in [-0.4, -0.2) is 78.1 Å². The van der Waals surface area contributed by atoms with Gasteiger partial charge in [0.15, 0.2) is 11.6 Å². The number of aryl methyl sites for hydroxylation is 1. The van der Waals surface area contributed by atoms with Crippen molar-refractivity contribution in [1.82, 2.24) is 39.8 Å². The number of aromatic nitrogens is 5. The van der Waals surface area contributed by atoms with Gasteiger partial charge in [0.2, 0.25) is 17.7 Å². The molecule has 0 bridgehead atoms. The Labute approximate surface area is 278 Å². The highest BCUT2D eigenvalue weighted by atomic mass is 32.2. The van der Waals surface area contributed by atoms with Crippen LogP contribution >= 0.6 is 11.8 Å². The third-order valence-corrected chi connectivity index (χ3v) is 8.95. The molecule has 1 aliphatic heterocycles. The van der Waals surface area contributed by atoms with E-state index in [1.54, 1.807) is 39.5 Å². The number of benzene rings is 2. The molecule has 0 spiro atoms. The van der Waals surface area contributed by atoms with Crippen molar-refractivity contribution in [2.75, 3.05) is 25.1 Å². The highest BCUT2D eigenvalue weighted by Gasteiger charge is 2.30. The number of nitrogens with zero attached hydrogens (tertiary/aromatic N) is 6. The van der Waals surface area contributed by atoms with Gasteiger partial charge in [-0.15, -0.1) is 0 Å². The molecule has 0 unspecified atom stereocenters. The largest absolute Gasteiger partial charge is 0.344 e. The molecule has 12 nitrogen and oxygen atoms in total. The van der Waals surface area contributed by atoms with Crippen molar-refractivity contribution in [3.8, 4) is 11.4 Å². The van der Waals surface area contributed by atoms with Crippen molar-refractivity contribution >= 4 is 40.4 Å². The highest BCUT2D eigenvalue weighted by Crippen LogP contribution is 2.25. The minimum Gasteiger partial charge on any atom is -0.344 e. The fourth-order valence-electron chi connectivity index (χ4n) is 5.66. The van der Waals surface area contributed by atoms with E-state index in [9.17, 15) is 19.2 Å². The van der Waals surface area contributed by atoms with Gasteiger partial charge in [-0.25, -0.2) is 14.6 Å². The van der Waals surface area contributed by atoms with Crippen LogP contribution in [0.2, 0.25) is 0 Å². The monoisotopic (exact) mass is 658 g/mol. The van der Waals surface area contributed by atoms with Crippen molar-refractivity contribution in [3.63, 3.8) is 0 Å². The standard InChI is InChI=1S/C34H42N8O4S/c1-23(2)30-32-38-31(24-10-5-4-6-11-24)39-42(32)20-19-40(17-9-14-28(43)36-27(16-21-47-3)33(45)37-30)29(44)15-18-41-22-35-26-13-8-7-12-25(26)34(41)46/h4-8,10-13,22-23,27,30H,9,14-21H2,1-3H3,(H,36,43)(H,37,45)/t27-,30+/m0/s1. The summed E-state index contributed by atoms with van der Waals surface area (Å²) in [7, 11) is 0. The number of carbonyl (C=O) groups is 3. The molecule has 0 saturated heterocycles. The molecule has 0 aliphatic carbocycles. The Morgan fingerprint density at radius 3 is 2.53 bits per heavy atom. The molecule has 2 aromatic carbocycles. The number of rotatable bonds is 8. The smallest absolute Gasteiger partial charge is 0.261 e. The highest BCUT2D eigenvalue weighted by molar-refractivity contribution is 7.98. The van der Waals surface area contributed by atoms with Gasteiger partial charge in [-0.2, -0.15) is 16.9 Å². The van der Waals surface area contributed by atoms with Gasteiger partial charge in [-0.05, 0) is 42.9 Å². The van der Waals surface area contributed by atoms with E-state index >= 15 is 0 Å². The quantitative estimate of drug-likeness (QED) is 0.293. The zero-order valence-corrected chi connectivity index (χ0v) is 27.9. The van der Waals surface area contributed by atoms with Gasteiger partial charge in [-0.1, -0.05) is 56.3 Å².